The minimum Gasteiger partial charge on any atom is -0.372 e. The van der Waals surface area contributed by atoms with Gasteiger partial charge in [0.2, 0.25) is 0 Å². The van der Waals surface area contributed by atoms with Crippen LogP contribution in [0, 0.1) is 0 Å². The molecule has 0 amide bonds. The average molecular weight is 311 g/mol. The van der Waals surface area contributed by atoms with Crippen LogP contribution in [-0.2, 0) is 0 Å². The van der Waals surface area contributed by atoms with Crippen molar-refractivity contribution in [3.05, 3.63) is 28.2 Å². The van der Waals surface area contributed by atoms with Crippen LogP contribution in [0.3, 0.4) is 0 Å². The first kappa shape index (κ1) is 13.6. The van der Waals surface area contributed by atoms with Gasteiger partial charge in [0.05, 0.1) is 0 Å². The zero-order chi connectivity index (χ0) is 13.1. The fourth-order valence-electron chi connectivity index (χ4n) is 2.57. The van der Waals surface area contributed by atoms with Gasteiger partial charge in [0, 0.05) is 35.4 Å². The summed E-state index contributed by atoms with van der Waals surface area (Å²) in [6.45, 7) is 2.14. The summed E-state index contributed by atoms with van der Waals surface area (Å²) >= 11 is 3.47. The van der Waals surface area contributed by atoms with E-state index >= 15 is 0 Å². The number of anilines is 1. The van der Waals surface area contributed by atoms with E-state index in [1.54, 1.807) is 0 Å². The molecular formula is C14H19BrN2O. The Bertz CT molecular complexity index is 436. The Kier molecular flexibility index (Phi) is 4.40. The molecule has 1 unspecified atom stereocenters. The largest absolute Gasteiger partial charge is 0.372 e. The summed E-state index contributed by atoms with van der Waals surface area (Å²) < 4.78 is 1.01. The number of halogens is 1. The Balaban J connectivity index is 2.14. The van der Waals surface area contributed by atoms with Crippen LogP contribution < -0.4 is 4.90 Å². The molecule has 0 radical (unpaired) electrons. The predicted octanol–water partition coefficient (Wildman–Crippen LogP) is 2.79. The Morgan fingerprint density at radius 2 is 2.33 bits per heavy atom. The molecule has 1 aromatic rings. The summed E-state index contributed by atoms with van der Waals surface area (Å²) in [7, 11) is 4.23. The van der Waals surface area contributed by atoms with Crippen molar-refractivity contribution in [2.75, 3.05) is 32.1 Å². The number of nitrogens with zero attached hydrogens (tertiary/aromatic N) is 2. The molecule has 18 heavy (non-hydrogen) atoms. The van der Waals surface area contributed by atoms with Gasteiger partial charge in [-0.25, -0.2) is 0 Å². The van der Waals surface area contributed by atoms with Crippen LogP contribution in [0.15, 0.2) is 22.7 Å². The second-order valence-electron chi connectivity index (χ2n) is 4.98. The van der Waals surface area contributed by atoms with Gasteiger partial charge in [-0.1, -0.05) is 15.9 Å². The van der Waals surface area contributed by atoms with E-state index in [-0.39, 0.29) is 0 Å². The Hall–Kier alpha value is -0.870. The molecule has 0 aromatic heterocycles. The first-order chi connectivity index (χ1) is 8.61. The maximum atomic E-state index is 11.1. The number of carbonyl (C=O) groups is 1. The van der Waals surface area contributed by atoms with Crippen LogP contribution in [0.2, 0.25) is 0 Å². The highest BCUT2D eigenvalue weighted by Gasteiger charge is 2.22. The van der Waals surface area contributed by atoms with Gasteiger partial charge in [0.15, 0.2) is 6.29 Å². The topological polar surface area (TPSA) is 23.6 Å². The van der Waals surface area contributed by atoms with Crippen LogP contribution in [0.5, 0.6) is 0 Å². The average Bonchev–Trinajstić information content (AvgIpc) is 2.75. The van der Waals surface area contributed by atoms with Crippen molar-refractivity contribution in [3.63, 3.8) is 0 Å². The highest BCUT2D eigenvalue weighted by molar-refractivity contribution is 9.10. The van der Waals surface area contributed by atoms with E-state index in [1.807, 2.05) is 18.2 Å². The van der Waals surface area contributed by atoms with Crippen molar-refractivity contribution in [1.29, 1.82) is 0 Å². The Morgan fingerprint density at radius 1 is 1.56 bits per heavy atom. The number of benzene rings is 1. The third-order valence-corrected chi connectivity index (χ3v) is 4.18. The van der Waals surface area contributed by atoms with Crippen LogP contribution in [0.1, 0.15) is 23.2 Å². The van der Waals surface area contributed by atoms with Gasteiger partial charge in [-0.05, 0) is 44.6 Å². The normalized spacial score (nSPS) is 20.1. The van der Waals surface area contributed by atoms with Gasteiger partial charge in [0.1, 0.15) is 0 Å². The summed E-state index contributed by atoms with van der Waals surface area (Å²) in [5.74, 6) is 0. The van der Waals surface area contributed by atoms with Crippen molar-refractivity contribution in [1.82, 2.24) is 4.90 Å². The van der Waals surface area contributed by atoms with Gasteiger partial charge in [-0.3, -0.25) is 4.79 Å². The lowest BCUT2D eigenvalue weighted by molar-refractivity contribution is 0.112. The van der Waals surface area contributed by atoms with Crippen LogP contribution in [0.25, 0.3) is 0 Å². The van der Waals surface area contributed by atoms with E-state index in [4.69, 9.17) is 0 Å². The highest BCUT2D eigenvalue weighted by Crippen LogP contribution is 2.25. The molecule has 1 aromatic carbocycles. The molecule has 0 saturated carbocycles. The SMILES string of the molecule is CN(CC1CCCN1C)c1cc(Br)ccc1C=O. The lowest BCUT2D eigenvalue weighted by Gasteiger charge is -2.28. The smallest absolute Gasteiger partial charge is 0.152 e. The monoisotopic (exact) mass is 310 g/mol. The van der Waals surface area contributed by atoms with Gasteiger partial charge in [-0.15, -0.1) is 0 Å². The zero-order valence-electron chi connectivity index (χ0n) is 10.9. The van der Waals surface area contributed by atoms with Crippen molar-refractivity contribution in [2.24, 2.45) is 0 Å². The predicted molar refractivity (Wildman–Crippen MR) is 78.5 cm³/mol. The zero-order valence-corrected chi connectivity index (χ0v) is 12.5. The molecule has 1 fully saturated rings. The third-order valence-electron chi connectivity index (χ3n) is 3.69. The third kappa shape index (κ3) is 2.93. The minimum atomic E-state index is 0.591. The molecule has 98 valence electrons. The Labute approximate surface area is 117 Å². The summed E-state index contributed by atoms with van der Waals surface area (Å²) in [5.41, 5.74) is 1.75. The molecule has 2 rings (SSSR count). The molecule has 0 bridgehead atoms. The molecular weight excluding hydrogens is 292 g/mol. The van der Waals surface area contributed by atoms with Crippen molar-refractivity contribution in [2.45, 2.75) is 18.9 Å². The summed E-state index contributed by atoms with van der Waals surface area (Å²) in [5, 5.41) is 0. The second kappa shape index (κ2) is 5.85. The van der Waals surface area contributed by atoms with Gasteiger partial charge in [0.25, 0.3) is 0 Å². The first-order valence-electron chi connectivity index (χ1n) is 6.28. The molecule has 1 saturated heterocycles. The second-order valence-corrected chi connectivity index (χ2v) is 5.89. The molecule has 1 heterocycles. The number of hydrogen-bond acceptors (Lipinski definition) is 3. The lowest BCUT2D eigenvalue weighted by Crippen LogP contribution is -2.37. The molecule has 3 nitrogen and oxygen atoms in total. The van der Waals surface area contributed by atoms with Crippen LogP contribution in [0.4, 0.5) is 5.69 Å². The minimum absolute atomic E-state index is 0.591. The number of likely N-dealkylation sites (tertiary alicyclic amines) is 1. The summed E-state index contributed by atoms with van der Waals surface area (Å²) in [6, 6.07) is 6.37. The summed E-state index contributed by atoms with van der Waals surface area (Å²) in [4.78, 5) is 15.7. The molecule has 0 N–H and O–H groups in total. The number of aldehydes is 1. The molecule has 1 atom stereocenters. The van der Waals surface area contributed by atoms with Gasteiger partial charge >= 0.3 is 0 Å². The van der Waals surface area contributed by atoms with Crippen molar-refractivity contribution >= 4 is 27.9 Å². The number of carbonyl (C=O) groups excluding carboxylic acids is 1. The molecule has 0 aliphatic carbocycles. The molecule has 4 heteroatoms. The first-order valence-corrected chi connectivity index (χ1v) is 7.07. The highest BCUT2D eigenvalue weighted by atomic mass is 79.9. The number of likely N-dealkylation sites (N-methyl/N-ethyl adjacent to an activating group) is 2. The molecule has 1 aliphatic heterocycles. The van der Waals surface area contributed by atoms with Gasteiger partial charge in [-0.2, -0.15) is 0 Å². The maximum Gasteiger partial charge on any atom is 0.152 e. The van der Waals surface area contributed by atoms with E-state index < -0.39 is 0 Å². The van der Waals surface area contributed by atoms with E-state index in [0.29, 0.717) is 6.04 Å². The van der Waals surface area contributed by atoms with Crippen molar-refractivity contribution < 1.29 is 4.79 Å². The molecule has 0 spiro atoms. The Morgan fingerprint density at radius 3 is 2.94 bits per heavy atom. The number of hydrogen-bond donors (Lipinski definition) is 0. The van der Waals surface area contributed by atoms with Crippen molar-refractivity contribution in [3.8, 4) is 0 Å². The van der Waals surface area contributed by atoms with Gasteiger partial charge < -0.3 is 9.80 Å². The fourth-order valence-corrected chi connectivity index (χ4v) is 2.92. The standard InChI is InChI=1S/C14H19BrN2O/c1-16-7-3-4-13(16)9-17(2)14-8-12(15)6-5-11(14)10-18/h5-6,8,10,13H,3-4,7,9H2,1-2H3. The van der Waals surface area contributed by atoms with Crippen LogP contribution in [-0.4, -0.2) is 44.4 Å². The van der Waals surface area contributed by atoms with E-state index in [9.17, 15) is 4.79 Å². The maximum absolute atomic E-state index is 11.1. The quantitative estimate of drug-likeness (QED) is 0.799. The molecule has 1 aliphatic rings. The van der Waals surface area contributed by atoms with E-state index in [2.05, 4.69) is 39.8 Å². The van der Waals surface area contributed by atoms with E-state index in [1.165, 1.54) is 19.4 Å². The number of rotatable bonds is 4. The fraction of sp³-hybridized carbons (Fsp3) is 0.500. The van der Waals surface area contributed by atoms with Crippen LogP contribution >= 0.6 is 15.9 Å². The lowest BCUT2D eigenvalue weighted by atomic mass is 10.1. The summed E-state index contributed by atoms with van der Waals surface area (Å²) in [6.07, 6.45) is 3.44. The van der Waals surface area contributed by atoms with E-state index in [0.717, 1.165) is 28.6 Å².